The standard InChI is InChI=1S/C28H30N6O5S/c1-33(23-12-14-25(39-2)15-13-23)27(35)26(19-21-8-4-3-5-9-21)31-28(36)32-40(37,38)30-20-22-10-6-11-24(18-22)34-17-7-16-29-34/h3-18,26,30H,19-20H2,1-2H3,(H2,31,32,36). The van der Waals surface area contributed by atoms with E-state index in [4.69, 9.17) is 4.74 Å². The van der Waals surface area contributed by atoms with E-state index >= 15 is 0 Å². The Morgan fingerprint density at radius 2 is 1.70 bits per heavy atom. The van der Waals surface area contributed by atoms with E-state index in [1.165, 1.54) is 4.90 Å². The highest BCUT2D eigenvalue weighted by atomic mass is 32.2. The highest BCUT2D eigenvalue weighted by Crippen LogP contribution is 2.19. The molecule has 0 bridgehead atoms. The number of methoxy groups -OCH3 is 1. The molecule has 12 heteroatoms. The molecule has 208 valence electrons. The normalized spacial score (nSPS) is 11.8. The lowest BCUT2D eigenvalue weighted by Crippen LogP contribution is -2.54. The van der Waals surface area contributed by atoms with Crippen LogP contribution in [-0.2, 0) is 28.0 Å². The third kappa shape index (κ3) is 7.68. The van der Waals surface area contributed by atoms with Crippen LogP contribution in [0.5, 0.6) is 5.75 Å². The van der Waals surface area contributed by atoms with Gasteiger partial charge >= 0.3 is 16.2 Å². The summed E-state index contributed by atoms with van der Waals surface area (Å²) in [4.78, 5) is 27.6. The lowest BCUT2D eigenvalue weighted by atomic mass is 10.0. The van der Waals surface area contributed by atoms with Crippen molar-refractivity contribution in [1.29, 1.82) is 0 Å². The second-order valence-corrected chi connectivity index (χ2v) is 10.4. The van der Waals surface area contributed by atoms with Gasteiger partial charge in [-0.05, 0) is 53.6 Å². The molecule has 4 aromatic rings. The molecule has 3 amide bonds. The first kappa shape index (κ1) is 28.3. The Morgan fingerprint density at radius 1 is 0.975 bits per heavy atom. The summed E-state index contributed by atoms with van der Waals surface area (Å²) in [7, 11) is -1.12. The lowest BCUT2D eigenvalue weighted by Gasteiger charge is -2.25. The van der Waals surface area contributed by atoms with Crippen molar-refractivity contribution in [2.45, 2.75) is 19.0 Å². The summed E-state index contributed by atoms with van der Waals surface area (Å²) < 4.78 is 36.4. The summed E-state index contributed by atoms with van der Waals surface area (Å²) in [6.45, 7) is -0.0652. The summed E-state index contributed by atoms with van der Waals surface area (Å²) in [5.41, 5.74) is 2.80. The van der Waals surface area contributed by atoms with Crippen LogP contribution in [0.1, 0.15) is 11.1 Å². The highest BCUT2D eigenvalue weighted by Gasteiger charge is 2.27. The number of nitrogens with zero attached hydrogens (tertiary/aromatic N) is 3. The van der Waals surface area contributed by atoms with Gasteiger partial charge in [0.15, 0.2) is 0 Å². The SMILES string of the molecule is COc1ccc(N(C)C(=O)C(Cc2ccccc2)NC(=O)NS(=O)(=O)NCc2cccc(-n3cccn3)c2)cc1. The Kier molecular flexibility index (Phi) is 9.15. The van der Waals surface area contributed by atoms with E-state index in [-0.39, 0.29) is 13.0 Å². The van der Waals surface area contributed by atoms with Crippen molar-refractivity contribution in [3.63, 3.8) is 0 Å². The van der Waals surface area contributed by atoms with Crippen LogP contribution in [0.2, 0.25) is 0 Å². The Labute approximate surface area is 233 Å². The molecule has 3 aromatic carbocycles. The van der Waals surface area contributed by atoms with E-state index in [0.29, 0.717) is 17.0 Å². The van der Waals surface area contributed by atoms with Gasteiger partial charge in [-0.2, -0.15) is 18.2 Å². The van der Waals surface area contributed by atoms with Crippen LogP contribution in [0.3, 0.4) is 0 Å². The van der Waals surface area contributed by atoms with Gasteiger partial charge in [0.05, 0.1) is 12.8 Å². The quantitative estimate of drug-likeness (QED) is 0.257. The lowest BCUT2D eigenvalue weighted by molar-refractivity contribution is -0.120. The molecule has 0 aliphatic heterocycles. The molecule has 0 aliphatic rings. The zero-order valence-electron chi connectivity index (χ0n) is 22.0. The number of nitrogens with one attached hydrogen (secondary N) is 3. The molecule has 0 saturated heterocycles. The van der Waals surface area contributed by atoms with E-state index in [1.807, 2.05) is 41.1 Å². The first-order valence-corrected chi connectivity index (χ1v) is 13.8. The molecule has 1 atom stereocenters. The molecule has 3 N–H and O–H groups in total. The number of likely N-dealkylation sites (N-methyl/N-ethyl adjacent to an activating group) is 1. The number of aromatic nitrogens is 2. The predicted molar refractivity (Wildman–Crippen MR) is 151 cm³/mol. The van der Waals surface area contributed by atoms with Gasteiger partial charge in [-0.3, -0.25) is 4.79 Å². The van der Waals surface area contributed by atoms with Crippen LogP contribution in [0.15, 0.2) is 97.3 Å². The van der Waals surface area contributed by atoms with Crippen LogP contribution in [-0.4, -0.2) is 50.3 Å². The zero-order chi connectivity index (χ0) is 28.5. The smallest absolute Gasteiger partial charge is 0.330 e. The first-order chi connectivity index (χ1) is 19.2. The minimum Gasteiger partial charge on any atom is -0.497 e. The van der Waals surface area contributed by atoms with E-state index in [0.717, 1.165) is 11.3 Å². The third-order valence-corrected chi connectivity index (χ3v) is 7.03. The van der Waals surface area contributed by atoms with Gasteiger partial charge in [0.2, 0.25) is 5.91 Å². The van der Waals surface area contributed by atoms with Crippen LogP contribution < -0.4 is 24.4 Å². The summed E-state index contributed by atoms with van der Waals surface area (Å²) in [6.07, 6.45) is 3.57. The molecular formula is C28H30N6O5S. The highest BCUT2D eigenvalue weighted by molar-refractivity contribution is 7.88. The largest absolute Gasteiger partial charge is 0.497 e. The number of hydrogen-bond donors (Lipinski definition) is 3. The second kappa shape index (κ2) is 12.9. The van der Waals surface area contributed by atoms with Crippen molar-refractivity contribution < 1.29 is 22.7 Å². The monoisotopic (exact) mass is 562 g/mol. The summed E-state index contributed by atoms with van der Waals surface area (Å²) >= 11 is 0. The van der Waals surface area contributed by atoms with Crippen molar-refractivity contribution in [1.82, 2.24) is 24.5 Å². The Morgan fingerprint density at radius 3 is 2.38 bits per heavy atom. The molecule has 0 aliphatic carbocycles. The Hall–Kier alpha value is -4.68. The molecule has 0 saturated carbocycles. The van der Waals surface area contributed by atoms with E-state index in [1.54, 1.807) is 79.8 Å². The number of amides is 3. The minimum atomic E-state index is -4.24. The molecule has 0 spiro atoms. The molecule has 4 rings (SSSR count). The van der Waals surface area contributed by atoms with E-state index in [2.05, 4.69) is 15.1 Å². The maximum absolute atomic E-state index is 13.4. The van der Waals surface area contributed by atoms with Gasteiger partial charge in [0, 0.05) is 38.1 Å². The molecule has 1 heterocycles. The number of carbonyl (C=O) groups excluding carboxylic acids is 2. The van der Waals surface area contributed by atoms with Crippen molar-refractivity contribution in [2.24, 2.45) is 0 Å². The molecule has 40 heavy (non-hydrogen) atoms. The molecular weight excluding hydrogens is 532 g/mol. The van der Waals surface area contributed by atoms with Gasteiger partial charge in [-0.25, -0.2) is 14.2 Å². The fourth-order valence-electron chi connectivity index (χ4n) is 3.97. The fraction of sp³-hybridized carbons (Fsp3) is 0.179. The summed E-state index contributed by atoms with van der Waals surface area (Å²) in [6, 6.07) is 22.8. The fourth-order valence-corrected chi connectivity index (χ4v) is 4.70. The van der Waals surface area contributed by atoms with Gasteiger partial charge in [-0.15, -0.1) is 0 Å². The Bertz CT molecular complexity index is 1530. The zero-order valence-corrected chi connectivity index (χ0v) is 22.8. The summed E-state index contributed by atoms with van der Waals surface area (Å²) in [5.74, 6) is 0.207. The topological polar surface area (TPSA) is 135 Å². The van der Waals surface area contributed by atoms with Crippen LogP contribution in [0.25, 0.3) is 5.69 Å². The first-order valence-electron chi connectivity index (χ1n) is 12.4. The minimum absolute atomic E-state index is 0.0652. The third-order valence-electron chi connectivity index (χ3n) is 6.05. The van der Waals surface area contributed by atoms with Crippen LogP contribution in [0.4, 0.5) is 10.5 Å². The maximum Gasteiger partial charge on any atom is 0.330 e. The molecule has 11 nitrogen and oxygen atoms in total. The van der Waals surface area contributed by atoms with Gasteiger partial charge < -0.3 is 15.0 Å². The summed E-state index contributed by atoms with van der Waals surface area (Å²) in [5, 5.41) is 6.69. The average molecular weight is 563 g/mol. The van der Waals surface area contributed by atoms with E-state index in [9.17, 15) is 18.0 Å². The van der Waals surface area contributed by atoms with Crippen LogP contribution in [0, 0.1) is 0 Å². The number of carbonyl (C=O) groups is 2. The predicted octanol–water partition coefficient (Wildman–Crippen LogP) is 2.79. The number of benzene rings is 3. The van der Waals surface area contributed by atoms with Crippen molar-refractivity contribution in [3.05, 3.63) is 108 Å². The van der Waals surface area contributed by atoms with Crippen LogP contribution >= 0.6 is 0 Å². The molecule has 0 radical (unpaired) electrons. The molecule has 1 unspecified atom stereocenters. The second-order valence-electron chi connectivity index (χ2n) is 8.86. The van der Waals surface area contributed by atoms with E-state index < -0.39 is 28.2 Å². The molecule has 0 fully saturated rings. The van der Waals surface area contributed by atoms with Crippen molar-refractivity contribution in [3.8, 4) is 11.4 Å². The van der Waals surface area contributed by atoms with Gasteiger partial charge in [-0.1, -0.05) is 42.5 Å². The number of rotatable bonds is 11. The number of hydrogen-bond acceptors (Lipinski definition) is 6. The maximum atomic E-state index is 13.4. The van der Waals surface area contributed by atoms with Gasteiger partial charge in [0.25, 0.3) is 0 Å². The Balaban J connectivity index is 1.42. The average Bonchev–Trinajstić information content (AvgIpc) is 3.51. The number of urea groups is 1. The van der Waals surface area contributed by atoms with Gasteiger partial charge in [0.1, 0.15) is 11.8 Å². The number of anilines is 1. The van der Waals surface area contributed by atoms with Crippen molar-refractivity contribution >= 4 is 27.8 Å². The van der Waals surface area contributed by atoms with Crippen molar-refractivity contribution in [2.75, 3.05) is 19.1 Å². The molecule has 1 aromatic heterocycles. The number of ether oxygens (including phenoxy) is 1.